The van der Waals surface area contributed by atoms with Gasteiger partial charge in [0.25, 0.3) is 5.69 Å². The Bertz CT molecular complexity index is 673. The summed E-state index contributed by atoms with van der Waals surface area (Å²) >= 11 is 0. The number of nitro groups is 1. The van der Waals surface area contributed by atoms with E-state index in [4.69, 9.17) is 4.74 Å². The van der Waals surface area contributed by atoms with Crippen LogP contribution in [-0.4, -0.2) is 29.0 Å². The van der Waals surface area contributed by atoms with Crippen LogP contribution in [0.15, 0.2) is 23.2 Å². The number of aliphatic imine (C=N–C) groups is 1. The van der Waals surface area contributed by atoms with Crippen molar-refractivity contribution >= 4 is 22.5 Å². The van der Waals surface area contributed by atoms with Crippen molar-refractivity contribution in [3.63, 3.8) is 0 Å². The highest BCUT2D eigenvalue weighted by molar-refractivity contribution is 6.00. The predicted molar refractivity (Wildman–Crippen MR) is 67.0 cm³/mol. The molecule has 6 heteroatoms. The SMILES string of the molecule is Cc1cc([N+](=O)[O-])c2[nH]c(C3=NCCO3)cc2c1. The molecule has 6 nitrogen and oxygen atoms in total. The molecule has 2 aromatic rings. The Morgan fingerprint density at radius 2 is 2.28 bits per heavy atom. The minimum absolute atomic E-state index is 0.0786. The van der Waals surface area contributed by atoms with Gasteiger partial charge in [-0.25, -0.2) is 4.99 Å². The van der Waals surface area contributed by atoms with Gasteiger partial charge in [0, 0.05) is 11.5 Å². The zero-order chi connectivity index (χ0) is 12.7. The fourth-order valence-corrected chi connectivity index (χ4v) is 2.13. The van der Waals surface area contributed by atoms with E-state index in [1.54, 1.807) is 6.07 Å². The number of non-ortho nitro benzene ring substituents is 1. The van der Waals surface area contributed by atoms with E-state index < -0.39 is 0 Å². The maximum Gasteiger partial charge on any atom is 0.293 e. The molecule has 0 radical (unpaired) electrons. The van der Waals surface area contributed by atoms with Gasteiger partial charge in [-0.15, -0.1) is 0 Å². The van der Waals surface area contributed by atoms with Crippen LogP contribution in [-0.2, 0) is 4.74 Å². The summed E-state index contributed by atoms with van der Waals surface area (Å²) in [4.78, 5) is 17.8. The number of nitro benzene ring substituents is 1. The second-order valence-electron chi connectivity index (χ2n) is 4.22. The monoisotopic (exact) mass is 245 g/mol. The molecule has 3 rings (SSSR count). The molecule has 0 amide bonds. The van der Waals surface area contributed by atoms with Crippen LogP contribution in [0.3, 0.4) is 0 Å². The molecule has 18 heavy (non-hydrogen) atoms. The molecule has 0 fully saturated rings. The molecule has 1 aliphatic rings. The fourth-order valence-electron chi connectivity index (χ4n) is 2.13. The molecule has 1 aliphatic heterocycles. The Morgan fingerprint density at radius 1 is 1.44 bits per heavy atom. The van der Waals surface area contributed by atoms with E-state index >= 15 is 0 Å². The standard InChI is InChI=1S/C12H11N3O3/c1-7-4-8-6-9(12-13-2-3-18-12)14-11(8)10(5-7)15(16)17/h4-6,14H,2-3H2,1H3. The largest absolute Gasteiger partial charge is 0.474 e. The Morgan fingerprint density at radius 3 is 2.94 bits per heavy atom. The smallest absolute Gasteiger partial charge is 0.293 e. The van der Waals surface area contributed by atoms with E-state index in [-0.39, 0.29) is 10.6 Å². The predicted octanol–water partition coefficient (Wildman–Crippen LogP) is 2.16. The molecule has 0 saturated heterocycles. The van der Waals surface area contributed by atoms with E-state index in [1.165, 1.54) is 0 Å². The van der Waals surface area contributed by atoms with Crippen LogP contribution >= 0.6 is 0 Å². The van der Waals surface area contributed by atoms with Crippen molar-refractivity contribution < 1.29 is 9.66 Å². The van der Waals surface area contributed by atoms with Gasteiger partial charge in [-0.1, -0.05) is 0 Å². The molecule has 92 valence electrons. The zero-order valence-electron chi connectivity index (χ0n) is 9.77. The number of aromatic nitrogens is 1. The molecule has 2 heterocycles. The first-order valence-electron chi connectivity index (χ1n) is 5.60. The Labute approximate surface area is 102 Å². The normalized spacial score (nSPS) is 14.6. The molecule has 0 unspecified atom stereocenters. The van der Waals surface area contributed by atoms with Gasteiger partial charge in [-0.3, -0.25) is 10.1 Å². The first kappa shape index (κ1) is 10.8. The summed E-state index contributed by atoms with van der Waals surface area (Å²) in [5.41, 5.74) is 2.14. The van der Waals surface area contributed by atoms with E-state index in [1.807, 2.05) is 19.1 Å². The van der Waals surface area contributed by atoms with Gasteiger partial charge < -0.3 is 9.72 Å². The van der Waals surface area contributed by atoms with Gasteiger partial charge in [-0.2, -0.15) is 0 Å². The van der Waals surface area contributed by atoms with Crippen molar-refractivity contribution in [3.8, 4) is 0 Å². The van der Waals surface area contributed by atoms with Crippen LogP contribution in [0.1, 0.15) is 11.3 Å². The quantitative estimate of drug-likeness (QED) is 0.650. The summed E-state index contributed by atoms with van der Waals surface area (Å²) in [6, 6.07) is 5.29. The van der Waals surface area contributed by atoms with E-state index in [0.29, 0.717) is 30.3 Å². The lowest BCUT2D eigenvalue weighted by Gasteiger charge is -1.97. The van der Waals surface area contributed by atoms with Crippen molar-refractivity contribution in [2.75, 3.05) is 13.2 Å². The third-order valence-electron chi connectivity index (χ3n) is 2.86. The lowest BCUT2D eigenvalue weighted by atomic mass is 10.1. The van der Waals surface area contributed by atoms with Crippen LogP contribution < -0.4 is 0 Å². The number of hydrogen-bond acceptors (Lipinski definition) is 4. The fraction of sp³-hybridized carbons (Fsp3) is 0.250. The van der Waals surface area contributed by atoms with Crippen LogP contribution in [0.5, 0.6) is 0 Å². The molecular weight excluding hydrogens is 234 g/mol. The van der Waals surface area contributed by atoms with Gasteiger partial charge in [0.2, 0.25) is 5.90 Å². The third kappa shape index (κ3) is 1.62. The van der Waals surface area contributed by atoms with E-state index in [0.717, 1.165) is 10.9 Å². The summed E-state index contributed by atoms with van der Waals surface area (Å²) in [5.74, 6) is 0.526. The lowest BCUT2D eigenvalue weighted by Crippen LogP contribution is -2.00. The number of benzene rings is 1. The first-order valence-corrected chi connectivity index (χ1v) is 5.60. The van der Waals surface area contributed by atoms with E-state index in [9.17, 15) is 10.1 Å². The number of fused-ring (bicyclic) bond motifs is 1. The summed E-state index contributed by atoms with van der Waals surface area (Å²) in [6.45, 7) is 3.03. The highest BCUT2D eigenvalue weighted by atomic mass is 16.6. The van der Waals surface area contributed by atoms with Crippen LogP contribution in [0.25, 0.3) is 10.9 Å². The summed E-state index contributed by atoms with van der Waals surface area (Å²) in [7, 11) is 0. The molecule has 0 aliphatic carbocycles. The second-order valence-corrected chi connectivity index (χ2v) is 4.22. The van der Waals surface area contributed by atoms with Crippen molar-refractivity contribution in [1.82, 2.24) is 4.98 Å². The molecule has 1 N–H and O–H groups in total. The van der Waals surface area contributed by atoms with Crippen molar-refractivity contribution in [2.24, 2.45) is 4.99 Å². The Balaban J connectivity index is 2.22. The maximum absolute atomic E-state index is 11.0. The zero-order valence-corrected chi connectivity index (χ0v) is 9.77. The number of rotatable bonds is 2. The topological polar surface area (TPSA) is 80.5 Å². The van der Waals surface area contributed by atoms with Gasteiger partial charge in [0.05, 0.1) is 11.5 Å². The third-order valence-corrected chi connectivity index (χ3v) is 2.86. The van der Waals surface area contributed by atoms with Crippen LogP contribution in [0.2, 0.25) is 0 Å². The minimum atomic E-state index is -0.382. The van der Waals surface area contributed by atoms with Gasteiger partial charge >= 0.3 is 0 Å². The number of hydrogen-bond donors (Lipinski definition) is 1. The van der Waals surface area contributed by atoms with Gasteiger partial charge in [0.1, 0.15) is 17.8 Å². The average molecular weight is 245 g/mol. The number of nitrogens with zero attached hydrogens (tertiary/aromatic N) is 2. The number of aromatic amines is 1. The average Bonchev–Trinajstić information content (AvgIpc) is 2.95. The van der Waals surface area contributed by atoms with Crippen molar-refractivity contribution in [3.05, 3.63) is 39.6 Å². The highest BCUT2D eigenvalue weighted by Gasteiger charge is 2.19. The van der Waals surface area contributed by atoms with Crippen molar-refractivity contribution in [1.29, 1.82) is 0 Å². The van der Waals surface area contributed by atoms with Crippen LogP contribution in [0, 0.1) is 17.0 Å². The number of H-pyrrole nitrogens is 1. The maximum atomic E-state index is 11.0. The molecule has 0 spiro atoms. The number of ether oxygens (including phenoxy) is 1. The second kappa shape index (κ2) is 3.83. The molecular formula is C12H11N3O3. The number of aryl methyl sites for hydroxylation is 1. The molecule has 1 aromatic heterocycles. The highest BCUT2D eigenvalue weighted by Crippen LogP contribution is 2.28. The Hall–Kier alpha value is -2.37. The molecule has 0 atom stereocenters. The van der Waals surface area contributed by atoms with E-state index in [2.05, 4.69) is 9.98 Å². The van der Waals surface area contributed by atoms with Crippen LogP contribution in [0.4, 0.5) is 5.69 Å². The molecule has 0 bridgehead atoms. The summed E-state index contributed by atoms with van der Waals surface area (Å²) in [6.07, 6.45) is 0. The summed E-state index contributed by atoms with van der Waals surface area (Å²) < 4.78 is 5.35. The number of nitrogens with one attached hydrogen (secondary N) is 1. The minimum Gasteiger partial charge on any atom is -0.474 e. The first-order chi connectivity index (χ1) is 8.65. The van der Waals surface area contributed by atoms with Gasteiger partial charge in [-0.05, 0) is 24.6 Å². The molecule has 0 saturated carbocycles. The summed E-state index contributed by atoms with van der Waals surface area (Å²) in [5, 5.41) is 11.8. The molecule has 1 aromatic carbocycles. The van der Waals surface area contributed by atoms with Crippen molar-refractivity contribution in [2.45, 2.75) is 6.92 Å². The van der Waals surface area contributed by atoms with Gasteiger partial charge in [0.15, 0.2) is 0 Å². The Kier molecular flexibility index (Phi) is 2.29. The lowest BCUT2D eigenvalue weighted by molar-refractivity contribution is -0.383.